The molecule has 1 atom stereocenters. The molecule has 3 rings (SSSR count). The van der Waals surface area contributed by atoms with Crippen molar-refractivity contribution in [3.63, 3.8) is 0 Å². The number of hydrogen-bond donors (Lipinski definition) is 0. The number of amides is 2. The van der Waals surface area contributed by atoms with Gasteiger partial charge >= 0.3 is 0 Å². The number of benzene rings is 1. The van der Waals surface area contributed by atoms with Crippen molar-refractivity contribution in [3.05, 3.63) is 42.0 Å². The van der Waals surface area contributed by atoms with Crippen LogP contribution < -0.4 is 4.90 Å². The van der Waals surface area contributed by atoms with E-state index in [9.17, 15) is 9.59 Å². The first-order valence-corrected chi connectivity index (χ1v) is 9.07. The van der Waals surface area contributed by atoms with Crippen molar-refractivity contribution >= 4 is 17.5 Å². The molecule has 0 unspecified atom stereocenters. The monoisotopic (exact) mass is 341 g/mol. The van der Waals surface area contributed by atoms with Crippen LogP contribution in [0, 0.1) is 5.92 Å². The smallest absolute Gasteiger partial charge is 0.256 e. The summed E-state index contributed by atoms with van der Waals surface area (Å²) in [7, 11) is 3.86. The maximum absolute atomic E-state index is 13.0. The number of piperazine rings is 1. The van der Waals surface area contributed by atoms with Crippen LogP contribution in [0.15, 0.2) is 36.4 Å². The number of carbonyl (C=O) groups is 2. The van der Waals surface area contributed by atoms with Crippen LogP contribution in [0.4, 0.5) is 5.69 Å². The Kier molecular flexibility index (Phi) is 5.53. The summed E-state index contributed by atoms with van der Waals surface area (Å²) in [4.78, 5) is 31.6. The largest absolute Gasteiger partial charge is 0.336 e. The molecule has 5 heteroatoms. The Labute approximate surface area is 149 Å². The van der Waals surface area contributed by atoms with Gasteiger partial charge in [0.1, 0.15) is 0 Å². The first-order chi connectivity index (χ1) is 12.1. The normalized spacial score (nSPS) is 21.2. The minimum atomic E-state index is 0.0156. The average Bonchev–Trinajstić information content (AvgIpc) is 2.67. The summed E-state index contributed by atoms with van der Waals surface area (Å²) < 4.78 is 0. The Morgan fingerprint density at radius 2 is 1.80 bits per heavy atom. The molecule has 1 aliphatic heterocycles. The lowest BCUT2D eigenvalue weighted by molar-refractivity contribution is -0.122. The molecule has 1 aromatic carbocycles. The Hall–Kier alpha value is -2.14. The third-order valence-electron chi connectivity index (χ3n) is 5.24. The third-order valence-corrected chi connectivity index (χ3v) is 5.24. The second kappa shape index (κ2) is 7.83. The minimum absolute atomic E-state index is 0.0156. The van der Waals surface area contributed by atoms with Crippen LogP contribution in [0.5, 0.6) is 0 Å². The van der Waals surface area contributed by atoms with Crippen molar-refractivity contribution < 1.29 is 9.59 Å². The summed E-state index contributed by atoms with van der Waals surface area (Å²) in [5, 5.41) is 0. The Balaban J connectivity index is 1.79. The molecular weight excluding hydrogens is 314 g/mol. The van der Waals surface area contributed by atoms with E-state index < -0.39 is 0 Å². The number of carbonyl (C=O) groups excluding carboxylic acids is 2. The van der Waals surface area contributed by atoms with Crippen LogP contribution in [0.25, 0.3) is 0 Å². The molecule has 0 radical (unpaired) electrons. The maximum atomic E-state index is 13.0. The number of hydrogen-bond acceptors (Lipinski definition) is 3. The zero-order valence-electron chi connectivity index (χ0n) is 15.1. The highest BCUT2D eigenvalue weighted by atomic mass is 16.2. The summed E-state index contributed by atoms with van der Waals surface area (Å²) in [5.41, 5.74) is 1.33. The van der Waals surface area contributed by atoms with E-state index in [1.165, 1.54) is 0 Å². The molecule has 134 valence electrons. The number of likely N-dealkylation sites (N-methyl/N-ethyl adjacent to an activating group) is 1. The molecule has 1 saturated heterocycles. The fourth-order valence-corrected chi connectivity index (χ4v) is 3.54. The molecular formula is C20H27N3O2. The second-order valence-electron chi connectivity index (χ2n) is 6.99. The van der Waals surface area contributed by atoms with Gasteiger partial charge in [-0.15, -0.1) is 0 Å². The molecule has 0 bridgehead atoms. The Morgan fingerprint density at radius 3 is 2.48 bits per heavy atom. The number of nitrogens with zero attached hydrogens (tertiary/aromatic N) is 3. The molecule has 1 fully saturated rings. The first-order valence-electron chi connectivity index (χ1n) is 9.07. The molecule has 0 aromatic heterocycles. The van der Waals surface area contributed by atoms with Crippen LogP contribution in [0.3, 0.4) is 0 Å². The highest BCUT2D eigenvalue weighted by Gasteiger charge is 2.27. The molecule has 2 aliphatic rings. The minimum Gasteiger partial charge on any atom is -0.336 e. The van der Waals surface area contributed by atoms with E-state index in [2.05, 4.69) is 24.1 Å². The molecule has 1 aromatic rings. The van der Waals surface area contributed by atoms with Gasteiger partial charge in [-0.3, -0.25) is 9.59 Å². The lowest BCUT2D eigenvalue weighted by Gasteiger charge is -2.33. The number of rotatable bonds is 3. The molecule has 1 heterocycles. The zero-order chi connectivity index (χ0) is 17.8. The van der Waals surface area contributed by atoms with Gasteiger partial charge in [-0.2, -0.15) is 0 Å². The standard InChI is InChI=1S/C20H27N3O2/c1-21-12-14-23(15-13-21)20(25)17-10-6-7-11-18(17)22(2)19(24)16-8-4-3-5-9-16/h3-4,6-7,10-11,16H,5,8-9,12-15H2,1-2H3/t16-/m1/s1. The van der Waals surface area contributed by atoms with Crippen LogP contribution in [-0.2, 0) is 4.79 Å². The van der Waals surface area contributed by atoms with Crippen LogP contribution in [-0.4, -0.2) is 61.9 Å². The zero-order valence-corrected chi connectivity index (χ0v) is 15.1. The molecule has 0 saturated carbocycles. The predicted molar refractivity (Wildman–Crippen MR) is 99.7 cm³/mol. The van der Waals surface area contributed by atoms with Crippen LogP contribution >= 0.6 is 0 Å². The van der Waals surface area contributed by atoms with E-state index in [1.54, 1.807) is 11.9 Å². The van der Waals surface area contributed by atoms with Gasteiger partial charge in [0.25, 0.3) is 5.91 Å². The van der Waals surface area contributed by atoms with Crippen molar-refractivity contribution in [1.29, 1.82) is 0 Å². The SMILES string of the molecule is CN1CCN(C(=O)c2ccccc2N(C)C(=O)[C@@H]2CC=CCC2)CC1. The van der Waals surface area contributed by atoms with Gasteiger partial charge in [0, 0.05) is 39.1 Å². The fourth-order valence-electron chi connectivity index (χ4n) is 3.54. The van der Waals surface area contributed by atoms with E-state index >= 15 is 0 Å². The van der Waals surface area contributed by atoms with E-state index in [0.717, 1.165) is 45.4 Å². The van der Waals surface area contributed by atoms with E-state index in [4.69, 9.17) is 0 Å². The molecule has 1 aliphatic carbocycles. The highest BCUT2D eigenvalue weighted by molar-refractivity contribution is 6.05. The van der Waals surface area contributed by atoms with Gasteiger partial charge in [0.15, 0.2) is 0 Å². The summed E-state index contributed by atoms with van der Waals surface area (Å²) in [6.07, 6.45) is 6.84. The lowest BCUT2D eigenvalue weighted by Crippen LogP contribution is -2.47. The van der Waals surface area contributed by atoms with Gasteiger partial charge in [-0.05, 0) is 38.4 Å². The van der Waals surface area contributed by atoms with Gasteiger partial charge in [0.05, 0.1) is 11.3 Å². The maximum Gasteiger partial charge on any atom is 0.256 e. The van der Waals surface area contributed by atoms with Gasteiger partial charge in [-0.1, -0.05) is 24.3 Å². The molecule has 0 spiro atoms. The van der Waals surface area contributed by atoms with E-state index in [0.29, 0.717) is 11.3 Å². The van der Waals surface area contributed by atoms with Gasteiger partial charge < -0.3 is 14.7 Å². The van der Waals surface area contributed by atoms with Crippen molar-refractivity contribution in [1.82, 2.24) is 9.80 Å². The first kappa shape index (κ1) is 17.7. The summed E-state index contributed by atoms with van der Waals surface area (Å²) in [6.45, 7) is 3.23. The van der Waals surface area contributed by atoms with Crippen molar-refractivity contribution in [2.75, 3.05) is 45.2 Å². The number of para-hydroxylation sites is 1. The Bertz CT molecular complexity index is 663. The van der Waals surface area contributed by atoms with Crippen molar-refractivity contribution in [2.45, 2.75) is 19.3 Å². The topological polar surface area (TPSA) is 43.9 Å². The Morgan fingerprint density at radius 1 is 1.08 bits per heavy atom. The molecule has 5 nitrogen and oxygen atoms in total. The average molecular weight is 341 g/mol. The van der Waals surface area contributed by atoms with Gasteiger partial charge in [0.2, 0.25) is 5.91 Å². The quantitative estimate of drug-likeness (QED) is 0.793. The van der Waals surface area contributed by atoms with Crippen LogP contribution in [0.2, 0.25) is 0 Å². The van der Waals surface area contributed by atoms with E-state index in [-0.39, 0.29) is 17.7 Å². The lowest BCUT2D eigenvalue weighted by atomic mass is 9.93. The van der Waals surface area contributed by atoms with Crippen LogP contribution in [0.1, 0.15) is 29.6 Å². The highest BCUT2D eigenvalue weighted by Crippen LogP contribution is 2.26. The number of allylic oxidation sites excluding steroid dienone is 2. The predicted octanol–water partition coefficient (Wildman–Crippen LogP) is 2.39. The summed E-state index contributed by atoms with van der Waals surface area (Å²) >= 11 is 0. The molecule has 0 N–H and O–H groups in total. The van der Waals surface area contributed by atoms with Crippen molar-refractivity contribution in [2.24, 2.45) is 5.92 Å². The van der Waals surface area contributed by atoms with E-state index in [1.807, 2.05) is 29.2 Å². The summed E-state index contributed by atoms with van der Waals surface area (Å²) in [5.74, 6) is 0.136. The van der Waals surface area contributed by atoms with Crippen molar-refractivity contribution in [3.8, 4) is 0 Å². The number of anilines is 1. The fraction of sp³-hybridized carbons (Fsp3) is 0.500. The second-order valence-corrected chi connectivity index (χ2v) is 6.99. The molecule has 25 heavy (non-hydrogen) atoms. The third kappa shape index (κ3) is 3.93. The summed E-state index contributed by atoms with van der Waals surface area (Å²) in [6, 6.07) is 7.47. The molecule has 2 amide bonds. The van der Waals surface area contributed by atoms with Gasteiger partial charge in [-0.25, -0.2) is 0 Å².